The van der Waals surface area contributed by atoms with E-state index in [0.717, 1.165) is 98.3 Å². The highest BCUT2D eigenvalue weighted by atomic mass is 19.1. The first-order valence-corrected chi connectivity index (χ1v) is 19.1. The first-order chi connectivity index (χ1) is 26.8. The third-order valence-electron chi connectivity index (χ3n) is 10.9. The molecule has 55 heavy (non-hydrogen) atoms. The summed E-state index contributed by atoms with van der Waals surface area (Å²) in [7, 11) is 0. The minimum Gasteiger partial charge on any atom is -0.354 e. The summed E-state index contributed by atoms with van der Waals surface area (Å²) >= 11 is 0. The van der Waals surface area contributed by atoms with Crippen molar-refractivity contribution in [2.75, 3.05) is 49.1 Å². The third kappa shape index (κ3) is 7.21. The van der Waals surface area contributed by atoms with Crippen molar-refractivity contribution in [3.8, 4) is 11.4 Å². The number of imide groups is 1. The second-order valence-electron chi connectivity index (χ2n) is 14.4. The lowest BCUT2D eigenvalue weighted by Crippen LogP contribution is -2.47. The Kier molecular flexibility index (Phi) is 10.1. The highest BCUT2D eigenvalue weighted by molar-refractivity contribution is 6.00. The second kappa shape index (κ2) is 15.5. The van der Waals surface area contributed by atoms with Crippen LogP contribution in [0.25, 0.3) is 28.1 Å². The number of piperidine rings is 1. The van der Waals surface area contributed by atoms with E-state index in [1.807, 2.05) is 59.1 Å². The molecular formula is C41H45FN10O3. The van der Waals surface area contributed by atoms with Crippen LogP contribution in [0, 0.1) is 0 Å². The minimum absolute atomic E-state index is 0.0390. The molecule has 1 aromatic carbocycles. The molecule has 8 rings (SSSR count). The van der Waals surface area contributed by atoms with E-state index in [9.17, 15) is 18.8 Å². The van der Waals surface area contributed by atoms with Gasteiger partial charge in [-0.2, -0.15) is 0 Å². The average molecular weight is 745 g/mol. The molecule has 2 atom stereocenters. The van der Waals surface area contributed by atoms with Crippen LogP contribution >= 0.6 is 0 Å². The smallest absolute Gasteiger partial charge is 0.329 e. The molecule has 0 spiro atoms. The molecule has 7 heterocycles. The molecule has 5 aromatic rings. The van der Waals surface area contributed by atoms with Crippen LogP contribution in [0.3, 0.4) is 0 Å². The van der Waals surface area contributed by atoms with Gasteiger partial charge < -0.3 is 9.80 Å². The van der Waals surface area contributed by atoms with Crippen LogP contribution in [-0.2, 0) is 16.1 Å². The lowest BCUT2D eigenvalue weighted by atomic mass is 10.1. The molecule has 1 N–H and O–H groups in total. The maximum Gasteiger partial charge on any atom is 0.329 e. The van der Waals surface area contributed by atoms with Crippen LogP contribution in [0.5, 0.6) is 0 Å². The van der Waals surface area contributed by atoms with Crippen molar-refractivity contribution in [1.82, 2.24) is 38.9 Å². The van der Waals surface area contributed by atoms with E-state index < -0.39 is 11.9 Å². The first-order valence-electron chi connectivity index (χ1n) is 19.1. The number of anilines is 2. The molecule has 0 radical (unpaired) electrons. The van der Waals surface area contributed by atoms with Gasteiger partial charge in [-0.15, -0.1) is 5.10 Å². The number of para-hydroxylation sites is 2. The molecule has 14 heteroatoms. The van der Waals surface area contributed by atoms with Crippen molar-refractivity contribution in [3.05, 3.63) is 107 Å². The average Bonchev–Trinajstić information content (AvgIpc) is 3.92. The maximum atomic E-state index is 14.3. The lowest BCUT2D eigenvalue weighted by molar-refractivity contribution is -0.135. The largest absolute Gasteiger partial charge is 0.354 e. The SMILES string of the molecule is C=C(/C=C(F)\C=C/C)[C@H]1CCCN1c1ccc2ncc(-c3cccc(N4CCN(CCCn5c(=O)n(C6CCC(=O)NC6=O)c6ccccc65)CC4)n3)n2n1. The van der Waals surface area contributed by atoms with E-state index >= 15 is 0 Å². The standard InChI is InChI=1S/C41H45FN10O3/c1-3-9-29(42)26-28(2)31-13-7-20-49(31)38-17-16-36-43-27-35(52(36)46-38)30-10-6-14-37(44-30)48-24-22-47(23-25-48)19-8-21-50-32-11-4-5-12-33(32)51(41(50)55)34-15-18-39(53)45-40(34)54/h3-6,9-12,14,16-17,26-27,31,34H,2,7-8,13,15,18-25H2,1H3,(H,45,53,54)/b9-3-,29-26+/t31-,34?/m1/s1. The van der Waals surface area contributed by atoms with Gasteiger partial charge in [0.15, 0.2) is 5.65 Å². The van der Waals surface area contributed by atoms with Gasteiger partial charge in [0, 0.05) is 45.7 Å². The molecule has 0 saturated carbocycles. The van der Waals surface area contributed by atoms with E-state index in [2.05, 4.69) is 31.6 Å². The van der Waals surface area contributed by atoms with Crippen LogP contribution in [0.15, 0.2) is 102 Å². The number of nitrogens with one attached hydrogen (secondary N) is 1. The van der Waals surface area contributed by atoms with Crippen LogP contribution in [0.4, 0.5) is 16.0 Å². The monoisotopic (exact) mass is 744 g/mol. The van der Waals surface area contributed by atoms with Crippen LogP contribution < -0.4 is 20.8 Å². The molecule has 2 amide bonds. The number of imidazole rings is 2. The number of amides is 2. The van der Waals surface area contributed by atoms with Crippen LogP contribution in [0.2, 0.25) is 0 Å². The summed E-state index contributed by atoms with van der Waals surface area (Å²) in [5.41, 5.74) is 4.29. The quantitative estimate of drug-likeness (QED) is 0.146. The number of fused-ring (bicyclic) bond motifs is 2. The number of aryl methyl sites for hydroxylation is 1. The number of hydrogen-bond donors (Lipinski definition) is 1. The Balaban J connectivity index is 0.915. The molecule has 284 valence electrons. The molecule has 0 aliphatic carbocycles. The molecule has 3 saturated heterocycles. The number of hydrogen-bond acceptors (Lipinski definition) is 9. The van der Waals surface area contributed by atoms with E-state index in [1.54, 1.807) is 28.3 Å². The number of carbonyl (C=O) groups excluding carboxylic acids is 2. The van der Waals surface area contributed by atoms with Gasteiger partial charge in [0.2, 0.25) is 11.8 Å². The van der Waals surface area contributed by atoms with Gasteiger partial charge in [0.05, 0.1) is 29.0 Å². The molecule has 3 aliphatic rings. The number of piperazine rings is 1. The van der Waals surface area contributed by atoms with Gasteiger partial charge in [-0.05, 0) is 93.3 Å². The zero-order chi connectivity index (χ0) is 38.1. The summed E-state index contributed by atoms with van der Waals surface area (Å²) in [4.78, 5) is 54.6. The zero-order valence-corrected chi connectivity index (χ0v) is 31.0. The number of allylic oxidation sites excluding steroid dienone is 3. The van der Waals surface area contributed by atoms with Crippen LogP contribution in [0.1, 0.15) is 45.1 Å². The maximum absolute atomic E-state index is 14.3. The number of benzene rings is 1. The summed E-state index contributed by atoms with van der Waals surface area (Å²) < 4.78 is 19.4. The summed E-state index contributed by atoms with van der Waals surface area (Å²) in [5.74, 6) is 0.638. The zero-order valence-electron chi connectivity index (χ0n) is 31.0. The van der Waals surface area contributed by atoms with Gasteiger partial charge in [-0.25, -0.2) is 23.7 Å². The molecule has 13 nitrogen and oxygen atoms in total. The molecule has 1 unspecified atom stereocenters. The minimum atomic E-state index is -0.698. The van der Waals surface area contributed by atoms with E-state index in [0.29, 0.717) is 18.5 Å². The van der Waals surface area contributed by atoms with Crippen molar-refractivity contribution >= 4 is 40.1 Å². The van der Waals surface area contributed by atoms with Gasteiger partial charge in [0.25, 0.3) is 0 Å². The van der Waals surface area contributed by atoms with Crippen LogP contribution in [-0.4, -0.2) is 90.7 Å². The fourth-order valence-electron chi connectivity index (χ4n) is 8.17. The highest BCUT2D eigenvalue weighted by Crippen LogP contribution is 2.31. The molecule has 3 fully saturated rings. The second-order valence-corrected chi connectivity index (χ2v) is 14.4. The van der Waals surface area contributed by atoms with Crippen molar-refractivity contribution in [3.63, 3.8) is 0 Å². The summed E-state index contributed by atoms with van der Waals surface area (Å²) in [5, 5.41) is 7.38. The predicted octanol–water partition coefficient (Wildman–Crippen LogP) is 5.05. The lowest BCUT2D eigenvalue weighted by Gasteiger charge is -2.35. The molecular weight excluding hydrogens is 700 g/mol. The Bertz CT molecular complexity index is 2380. The number of rotatable bonds is 11. The van der Waals surface area contributed by atoms with Crippen molar-refractivity contribution in [2.24, 2.45) is 0 Å². The number of pyridine rings is 1. The molecule has 0 bridgehead atoms. The van der Waals surface area contributed by atoms with Crippen molar-refractivity contribution < 1.29 is 14.0 Å². The Morgan fingerprint density at radius 1 is 0.945 bits per heavy atom. The molecule has 3 aliphatic heterocycles. The number of aromatic nitrogens is 6. The summed E-state index contributed by atoms with van der Waals surface area (Å²) in [6.07, 6.45) is 9.57. The van der Waals surface area contributed by atoms with Crippen molar-refractivity contribution in [1.29, 1.82) is 0 Å². The van der Waals surface area contributed by atoms with Gasteiger partial charge in [0.1, 0.15) is 29.2 Å². The Hall–Kier alpha value is -5.89. The summed E-state index contributed by atoms with van der Waals surface area (Å²) in [6, 6.07) is 16.7. The third-order valence-corrected chi connectivity index (χ3v) is 10.9. The van der Waals surface area contributed by atoms with E-state index in [4.69, 9.17) is 10.1 Å². The topological polar surface area (TPSA) is 126 Å². The first kappa shape index (κ1) is 36.1. The normalized spacial score (nSPS) is 20.0. The number of halogens is 1. The fraction of sp³-hybridized carbons (Fsp3) is 0.366. The van der Waals surface area contributed by atoms with E-state index in [1.165, 1.54) is 12.2 Å². The number of nitrogens with zero attached hydrogens (tertiary/aromatic N) is 9. The highest BCUT2D eigenvalue weighted by Gasteiger charge is 2.32. The van der Waals surface area contributed by atoms with Gasteiger partial charge in [-0.3, -0.25) is 28.9 Å². The van der Waals surface area contributed by atoms with E-state index in [-0.39, 0.29) is 29.9 Å². The van der Waals surface area contributed by atoms with Gasteiger partial charge in [-0.1, -0.05) is 30.9 Å². The number of carbonyl (C=O) groups is 2. The molecule has 4 aromatic heterocycles. The Morgan fingerprint density at radius 2 is 1.76 bits per heavy atom. The summed E-state index contributed by atoms with van der Waals surface area (Å²) in [6.45, 7) is 11.5. The fourth-order valence-corrected chi connectivity index (χ4v) is 8.17. The van der Waals surface area contributed by atoms with Gasteiger partial charge >= 0.3 is 5.69 Å². The Labute approximate surface area is 318 Å². The van der Waals surface area contributed by atoms with Crippen molar-refractivity contribution in [2.45, 2.75) is 57.7 Å². The Morgan fingerprint density at radius 3 is 2.56 bits per heavy atom. The predicted molar refractivity (Wildman–Crippen MR) is 211 cm³/mol.